The first-order chi connectivity index (χ1) is 13.2. The summed E-state index contributed by atoms with van der Waals surface area (Å²) in [4.78, 5) is 31.8. The molecule has 1 aromatic heterocycles. The summed E-state index contributed by atoms with van der Waals surface area (Å²) in [6.45, 7) is 4.89. The first-order valence-corrected chi connectivity index (χ1v) is 9.99. The highest BCUT2D eigenvalue weighted by Crippen LogP contribution is 2.37. The number of hydrogen-bond donors (Lipinski definition) is 0. The average Bonchev–Trinajstić information content (AvgIpc) is 2.92. The molecule has 1 aliphatic heterocycles. The van der Waals surface area contributed by atoms with Gasteiger partial charge in [0.15, 0.2) is 0 Å². The SMILES string of the molecule is CCCOc1ccc(C2=C(SCC)C(=O)N(Cc3cccnc3)C2=O)cc1. The summed E-state index contributed by atoms with van der Waals surface area (Å²) in [6, 6.07) is 11.0. The molecule has 0 spiro atoms. The van der Waals surface area contributed by atoms with E-state index in [9.17, 15) is 9.59 Å². The van der Waals surface area contributed by atoms with E-state index >= 15 is 0 Å². The highest BCUT2D eigenvalue weighted by molar-refractivity contribution is 8.04. The van der Waals surface area contributed by atoms with Crippen LogP contribution in [0.15, 0.2) is 53.7 Å². The molecule has 27 heavy (non-hydrogen) atoms. The number of imide groups is 1. The first kappa shape index (κ1) is 19.2. The number of pyridine rings is 1. The number of carbonyl (C=O) groups is 2. The maximum atomic E-state index is 13.0. The molecule has 0 saturated carbocycles. The molecule has 0 saturated heterocycles. The second-order valence-corrected chi connectivity index (χ2v) is 7.34. The minimum atomic E-state index is -0.262. The van der Waals surface area contributed by atoms with Crippen molar-refractivity contribution in [1.29, 1.82) is 0 Å². The average molecular weight is 382 g/mol. The Balaban J connectivity index is 1.89. The van der Waals surface area contributed by atoms with Gasteiger partial charge in [0, 0.05) is 12.4 Å². The van der Waals surface area contributed by atoms with Crippen LogP contribution in [0.4, 0.5) is 0 Å². The Hall–Kier alpha value is -2.60. The van der Waals surface area contributed by atoms with E-state index < -0.39 is 0 Å². The summed E-state index contributed by atoms with van der Waals surface area (Å²) in [5.41, 5.74) is 2.03. The van der Waals surface area contributed by atoms with Gasteiger partial charge in [-0.1, -0.05) is 32.0 Å². The van der Waals surface area contributed by atoms with E-state index in [4.69, 9.17) is 4.74 Å². The fraction of sp³-hybridized carbons (Fsp3) is 0.286. The van der Waals surface area contributed by atoms with E-state index in [0.29, 0.717) is 17.1 Å². The zero-order chi connectivity index (χ0) is 19.2. The molecule has 0 fully saturated rings. The van der Waals surface area contributed by atoms with Crippen LogP contribution < -0.4 is 4.74 Å². The lowest BCUT2D eigenvalue weighted by Gasteiger charge is -2.15. The van der Waals surface area contributed by atoms with Crippen LogP contribution in [0, 0.1) is 0 Å². The fourth-order valence-electron chi connectivity index (χ4n) is 2.84. The molecule has 0 unspecified atom stereocenters. The van der Waals surface area contributed by atoms with Gasteiger partial charge in [0.05, 0.1) is 23.6 Å². The summed E-state index contributed by atoms with van der Waals surface area (Å²) < 4.78 is 5.60. The number of carbonyl (C=O) groups excluding carboxylic acids is 2. The number of hydrogen-bond acceptors (Lipinski definition) is 5. The molecule has 0 bridgehead atoms. The monoisotopic (exact) mass is 382 g/mol. The molecule has 0 atom stereocenters. The number of ether oxygens (including phenoxy) is 1. The smallest absolute Gasteiger partial charge is 0.268 e. The van der Waals surface area contributed by atoms with Crippen LogP contribution in [0.2, 0.25) is 0 Å². The summed E-state index contributed by atoms with van der Waals surface area (Å²) in [6.07, 6.45) is 4.27. The standard InChI is InChI=1S/C21H22N2O3S/c1-3-12-26-17-9-7-16(8-10-17)18-19(27-4-2)21(25)23(20(18)24)14-15-6-5-11-22-13-15/h5-11,13H,3-4,12,14H2,1-2H3. The Morgan fingerprint density at radius 3 is 2.48 bits per heavy atom. The summed E-state index contributed by atoms with van der Waals surface area (Å²) in [5, 5.41) is 0. The first-order valence-electron chi connectivity index (χ1n) is 9.01. The lowest BCUT2D eigenvalue weighted by Crippen LogP contribution is -2.31. The van der Waals surface area contributed by atoms with Gasteiger partial charge in [0.25, 0.3) is 11.8 Å². The number of nitrogens with zero attached hydrogens (tertiary/aromatic N) is 2. The summed E-state index contributed by atoms with van der Waals surface area (Å²) in [5.74, 6) is 0.977. The Labute approximate surface area is 163 Å². The molecule has 0 N–H and O–H groups in total. The Morgan fingerprint density at radius 2 is 1.85 bits per heavy atom. The maximum absolute atomic E-state index is 13.0. The van der Waals surface area contributed by atoms with Crippen molar-refractivity contribution in [3.05, 3.63) is 64.8 Å². The highest BCUT2D eigenvalue weighted by atomic mass is 32.2. The fourth-order valence-corrected chi connectivity index (χ4v) is 3.71. The molecule has 2 amide bonds. The molecule has 0 aliphatic carbocycles. The minimum absolute atomic E-state index is 0.223. The predicted octanol–water partition coefficient (Wildman–Crippen LogP) is 3.90. The number of thioether (sulfide) groups is 1. The van der Waals surface area contributed by atoms with E-state index in [2.05, 4.69) is 4.98 Å². The lowest BCUT2D eigenvalue weighted by molar-refractivity contribution is -0.137. The van der Waals surface area contributed by atoms with E-state index in [1.807, 2.05) is 44.2 Å². The van der Waals surface area contributed by atoms with Gasteiger partial charge in [0.1, 0.15) is 5.75 Å². The Bertz CT molecular complexity index is 847. The number of aromatic nitrogens is 1. The van der Waals surface area contributed by atoms with Crippen LogP contribution in [0.5, 0.6) is 5.75 Å². The second kappa shape index (κ2) is 8.86. The molecule has 1 aromatic carbocycles. The Morgan fingerprint density at radius 1 is 1.07 bits per heavy atom. The van der Waals surface area contributed by atoms with Crippen molar-refractivity contribution in [3.8, 4) is 5.75 Å². The lowest BCUT2D eigenvalue weighted by atomic mass is 10.1. The molecular weight excluding hydrogens is 360 g/mol. The quantitative estimate of drug-likeness (QED) is 0.648. The van der Waals surface area contributed by atoms with Gasteiger partial charge in [-0.05, 0) is 41.5 Å². The molecule has 140 valence electrons. The van der Waals surface area contributed by atoms with Gasteiger partial charge in [-0.2, -0.15) is 0 Å². The molecule has 0 radical (unpaired) electrons. The van der Waals surface area contributed by atoms with Crippen LogP contribution in [0.3, 0.4) is 0 Å². The van der Waals surface area contributed by atoms with Crippen molar-refractivity contribution in [2.75, 3.05) is 12.4 Å². The molecular formula is C21H22N2O3S. The van der Waals surface area contributed by atoms with Crippen molar-refractivity contribution in [2.45, 2.75) is 26.8 Å². The number of rotatable bonds is 8. The van der Waals surface area contributed by atoms with Crippen molar-refractivity contribution < 1.29 is 14.3 Å². The van der Waals surface area contributed by atoms with E-state index in [1.54, 1.807) is 18.5 Å². The van der Waals surface area contributed by atoms with Crippen LogP contribution >= 0.6 is 11.8 Å². The third kappa shape index (κ3) is 4.22. The molecule has 5 nitrogen and oxygen atoms in total. The van der Waals surface area contributed by atoms with Gasteiger partial charge in [0.2, 0.25) is 0 Å². The molecule has 6 heteroatoms. The Kier molecular flexibility index (Phi) is 6.29. The molecule has 3 rings (SSSR count). The van der Waals surface area contributed by atoms with Crippen LogP contribution in [-0.2, 0) is 16.1 Å². The highest BCUT2D eigenvalue weighted by Gasteiger charge is 2.38. The third-order valence-corrected chi connectivity index (χ3v) is 5.05. The van der Waals surface area contributed by atoms with E-state index in [0.717, 1.165) is 29.1 Å². The topological polar surface area (TPSA) is 59.5 Å². The van der Waals surface area contributed by atoms with Gasteiger partial charge in [-0.15, -0.1) is 11.8 Å². The van der Waals surface area contributed by atoms with Crippen molar-refractivity contribution in [2.24, 2.45) is 0 Å². The molecule has 2 heterocycles. The normalized spacial score (nSPS) is 14.2. The second-order valence-electron chi connectivity index (χ2n) is 6.07. The van der Waals surface area contributed by atoms with Crippen LogP contribution in [0.1, 0.15) is 31.4 Å². The van der Waals surface area contributed by atoms with Crippen LogP contribution in [0.25, 0.3) is 5.57 Å². The van der Waals surface area contributed by atoms with Gasteiger partial charge in [-0.3, -0.25) is 19.5 Å². The number of benzene rings is 1. The van der Waals surface area contributed by atoms with Gasteiger partial charge >= 0.3 is 0 Å². The largest absolute Gasteiger partial charge is 0.494 e. The number of amides is 2. The molecule has 1 aliphatic rings. The third-order valence-electron chi connectivity index (χ3n) is 4.09. The molecule has 2 aromatic rings. The van der Waals surface area contributed by atoms with Crippen molar-refractivity contribution in [1.82, 2.24) is 9.88 Å². The minimum Gasteiger partial charge on any atom is -0.494 e. The maximum Gasteiger partial charge on any atom is 0.268 e. The van der Waals surface area contributed by atoms with Gasteiger partial charge in [-0.25, -0.2) is 0 Å². The summed E-state index contributed by atoms with van der Waals surface area (Å²) in [7, 11) is 0. The van der Waals surface area contributed by atoms with Crippen LogP contribution in [-0.4, -0.2) is 34.1 Å². The van der Waals surface area contributed by atoms with Gasteiger partial charge < -0.3 is 4.74 Å². The van der Waals surface area contributed by atoms with Crippen molar-refractivity contribution in [3.63, 3.8) is 0 Å². The zero-order valence-corrected chi connectivity index (χ0v) is 16.3. The van der Waals surface area contributed by atoms with Crippen molar-refractivity contribution >= 4 is 29.1 Å². The predicted molar refractivity (Wildman–Crippen MR) is 107 cm³/mol. The van der Waals surface area contributed by atoms with E-state index in [1.165, 1.54) is 16.7 Å². The zero-order valence-electron chi connectivity index (χ0n) is 15.5. The van der Waals surface area contributed by atoms with E-state index in [-0.39, 0.29) is 18.4 Å². The summed E-state index contributed by atoms with van der Waals surface area (Å²) >= 11 is 1.41.